The molecular weight excluding hydrogens is 322 g/mol. The molecule has 1 fully saturated rings. The quantitative estimate of drug-likeness (QED) is 0.776. The van der Waals surface area contributed by atoms with E-state index in [0.29, 0.717) is 25.3 Å². The topological polar surface area (TPSA) is 106 Å². The van der Waals surface area contributed by atoms with Crippen molar-refractivity contribution in [1.82, 2.24) is 20.0 Å². The van der Waals surface area contributed by atoms with E-state index in [-0.39, 0.29) is 12.1 Å². The fourth-order valence-electron chi connectivity index (χ4n) is 3.29. The third-order valence-electron chi connectivity index (χ3n) is 4.56. The van der Waals surface area contributed by atoms with Crippen LogP contribution in [0.25, 0.3) is 0 Å². The van der Waals surface area contributed by atoms with Crippen LogP contribution < -0.4 is 15.8 Å². The number of nitrogens with one attached hydrogen (secondary N) is 1. The van der Waals surface area contributed by atoms with E-state index in [4.69, 9.17) is 10.5 Å². The van der Waals surface area contributed by atoms with Crippen LogP contribution in [0.5, 0.6) is 5.75 Å². The Hall–Kier alpha value is -2.74. The van der Waals surface area contributed by atoms with Crippen molar-refractivity contribution in [2.24, 2.45) is 0 Å². The molecule has 1 aliphatic heterocycles. The van der Waals surface area contributed by atoms with Gasteiger partial charge in [-0.15, -0.1) is 0 Å². The maximum Gasteiger partial charge on any atom is 0.407 e. The molecule has 0 spiro atoms. The number of nitrogen functional groups attached to an aromatic ring is 1. The third-order valence-corrected chi connectivity index (χ3v) is 4.56. The molecule has 0 saturated carbocycles. The molecule has 0 aliphatic carbocycles. The van der Waals surface area contributed by atoms with Gasteiger partial charge < -0.3 is 20.9 Å². The molecule has 134 valence electrons. The highest BCUT2D eigenvalue weighted by Crippen LogP contribution is 2.31. The predicted octanol–water partition coefficient (Wildman–Crippen LogP) is 1.53. The number of benzene rings is 1. The van der Waals surface area contributed by atoms with Crippen molar-refractivity contribution in [3.8, 4) is 5.75 Å². The van der Waals surface area contributed by atoms with Crippen molar-refractivity contribution in [2.45, 2.75) is 25.6 Å². The first kappa shape index (κ1) is 17.1. The highest BCUT2D eigenvalue weighted by molar-refractivity contribution is 5.66. The maximum absolute atomic E-state index is 11.7. The molecule has 8 heteroatoms. The zero-order valence-corrected chi connectivity index (χ0v) is 14.3. The first-order valence-corrected chi connectivity index (χ1v) is 8.18. The van der Waals surface area contributed by atoms with Crippen molar-refractivity contribution in [3.05, 3.63) is 41.7 Å². The number of aromatic nitrogens is 2. The van der Waals surface area contributed by atoms with Gasteiger partial charge in [0.2, 0.25) is 0 Å². The lowest BCUT2D eigenvalue weighted by Gasteiger charge is -2.39. The smallest absolute Gasteiger partial charge is 0.407 e. The van der Waals surface area contributed by atoms with E-state index in [1.807, 2.05) is 31.2 Å². The number of hydrogen-bond donors (Lipinski definition) is 3. The summed E-state index contributed by atoms with van der Waals surface area (Å²) in [6, 6.07) is 7.24. The molecule has 2 unspecified atom stereocenters. The molecule has 1 aromatic carbocycles. The second-order valence-corrected chi connectivity index (χ2v) is 6.15. The highest BCUT2D eigenvalue weighted by Gasteiger charge is 2.36. The predicted molar refractivity (Wildman–Crippen MR) is 93.7 cm³/mol. The fraction of sp³-hybridized carbons (Fsp3) is 0.412. The Bertz CT molecular complexity index is 743. The third kappa shape index (κ3) is 3.39. The molecule has 25 heavy (non-hydrogen) atoms. The van der Waals surface area contributed by atoms with Crippen LogP contribution in [-0.2, 0) is 6.54 Å². The molecule has 2 aromatic rings. The summed E-state index contributed by atoms with van der Waals surface area (Å²) in [5, 5.41) is 17.3. The molecule has 2 atom stereocenters. The molecule has 8 nitrogen and oxygen atoms in total. The van der Waals surface area contributed by atoms with E-state index in [1.165, 1.54) is 4.90 Å². The molecule has 0 radical (unpaired) electrons. The minimum atomic E-state index is -0.949. The van der Waals surface area contributed by atoms with Gasteiger partial charge in [-0.3, -0.25) is 9.58 Å². The summed E-state index contributed by atoms with van der Waals surface area (Å²) in [5.41, 5.74) is 8.40. The van der Waals surface area contributed by atoms with Crippen LogP contribution in [-0.4, -0.2) is 52.1 Å². The number of ether oxygens (including phenoxy) is 1. The number of nitrogens with two attached hydrogens (primary N) is 1. The summed E-state index contributed by atoms with van der Waals surface area (Å²) in [7, 11) is 1.62. The summed E-state index contributed by atoms with van der Waals surface area (Å²) in [4.78, 5) is 13.1. The summed E-state index contributed by atoms with van der Waals surface area (Å²) < 4.78 is 6.95. The number of anilines is 1. The molecule has 2 heterocycles. The lowest BCUT2D eigenvalue weighted by molar-refractivity contribution is 0.0934. The van der Waals surface area contributed by atoms with Gasteiger partial charge in [-0.25, -0.2) is 4.79 Å². The van der Waals surface area contributed by atoms with E-state index in [2.05, 4.69) is 10.4 Å². The number of piperazine rings is 1. The second-order valence-electron chi connectivity index (χ2n) is 6.15. The monoisotopic (exact) mass is 345 g/mol. The van der Waals surface area contributed by atoms with Crippen LogP contribution in [0.15, 0.2) is 30.5 Å². The molecule has 3 rings (SSSR count). The number of carbonyl (C=O) groups is 1. The number of methoxy groups -OCH3 is 1. The Kier molecular flexibility index (Phi) is 4.80. The first-order chi connectivity index (χ1) is 12.0. The van der Waals surface area contributed by atoms with Gasteiger partial charge in [-0.05, 0) is 24.6 Å². The zero-order chi connectivity index (χ0) is 18.0. The van der Waals surface area contributed by atoms with Crippen molar-refractivity contribution in [3.63, 3.8) is 0 Å². The Balaban J connectivity index is 1.93. The number of nitrogens with zero attached hydrogens (tertiary/aromatic N) is 3. The van der Waals surface area contributed by atoms with Crippen LogP contribution in [0.4, 0.5) is 10.5 Å². The van der Waals surface area contributed by atoms with Crippen LogP contribution in [0.1, 0.15) is 24.2 Å². The Labute approximate surface area is 146 Å². The van der Waals surface area contributed by atoms with Crippen LogP contribution in [0.2, 0.25) is 0 Å². The number of amides is 1. The van der Waals surface area contributed by atoms with Crippen LogP contribution in [0, 0.1) is 0 Å². The lowest BCUT2D eigenvalue weighted by atomic mass is 10.0. The minimum Gasteiger partial charge on any atom is -0.497 e. The molecule has 1 aromatic heterocycles. The standard InChI is InChI=1S/C17H23N5O3/c1-11-15(21(17(23)24)8-7-19-11)16-14(18)9-20-22(16)10-12-3-5-13(25-2)6-4-12/h3-6,9,11,15,19H,7-8,10,18H2,1-2H3,(H,23,24). The van der Waals surface area contributed by atoms with Crippen molar-refractivity contribution in [1.29, 1.82) is 0 Å². The van der Waals surface area contributed by atoms with Gasteiger partial charge in [-0.1, -0.05) is 12.1 Å². The normalized spacial score (nSPS) is 20.5. The van der Waals surface area contributed by atoms with E-state index in [0.717, 1.165) is 17.0 Å². The summed E-state index contributed by atoms with van der Waals surface area (Å²) in [5.74, 6) is 0.783. The van der Waals surface area contributed by atoms with E-state index < -0.39 is 6.09 Å². The van der Waals surface area contributed by atoms with E-state index in [1.54, 1.807) is 18.0 Å². The van der Waals surface area contributed by atoms with E-state index >= 15 is 0 Å². The molecule has 1 amide bonds. The molecule has 0 bridgehead atoms. The second kappa shape index (κ2) is 7.02. The lowest BCUT2D eigenvalue weighted by Crippen LogP contribution is -2.53. The summed E-state index contributed by atoms with van der Waals surface area (Å²) in [6.07, 6.45) is 0.634. The van der Waals surface area contributed by atoms with Crippen LogP contribution >= 0.6 is 0 Å². The fourth-order valence-corrected chi connectivity index (χ4v) is 3.29. The Morgan fingerprint density at radius 2 is 2.16 bits per heavy atom. The zero-order valence-electron chi connectivity index (χ0n) is 14.3. The average molecular weight is 345 g/mol. The van der Waals surface area contributed by atoms with Crippen molar-refractivity contribution in [2.75, 3.05) is 25.9 Å². The van der Waals surface area contributed by atoms with Gasteiger partial charge in [0.25, 0.3) is 0 Å². The highest BCUT2D eigenvalue weighted by atomic mass is 16.5. The number of rotatable bonds is 4. The largest absolute Gasteiger partial charge is 0.497 e. The van der Waals surface area contributed by atoms with Crippen LogP contribution in [0.3, 0.4) is 0 Å². The summed E-state index contributed by atoms with van der Waals surface area (Å²) in [6.45, 7) is 3.51. The van der Waals surface area contributed by atoms with Crippen molar-refractivity contribution >= 4 is 11.8 Å². The van der Waals surface area contributed by atoms with Gasteiger partial charge in [0.1, 0.15) is 5.75 Å². The summed E-state index contributed by atoms with van der Waals surface area (Å²) >= 11 is 0. The minimum absolute atomic E-state index is 0.0570. The number of hydrogen-bond acceptors (Lipinski definition) is 5. The average Bonchev–Trinajstić information content (AvgIpc) is 2.95. The molecule has 1 saturated heterocycles. The first-order valence-electron chi connectivity index (χ1n) is 8.18. The molecular formula is C17H23N5O3. The van der Waals surface area contributed by atoms with Gasteiger partial charge in [0.15, 0.2) is 0 Å². The van der Waals surface area contributed by atoms with Crippen molar-refractivity contribution < 1.29 is 14.6 Å². The maximum atomic E-state index is 11.7. The Morgan fingerprint density at radius 3 is 2.80 bits per heavy atom. The van der Waals surface area contributed by atoms with Gasteiger partial charge in [0.05, 0.1) is 37.3 Å². The number of carboxylic acid groups (broad SMARTS) is 1. The van der Waals surface area contributed by atoms with E-state index in [9.17, 15) is 9.90 Å². The molecule has 1 aliphatic rings. The SMILES string of the molecule is COc1ccc(Cn2ncc(N)c2C2C(C)NCCN2C(=O)O)cc1. The Morgan fingerprint density at radius 1 is 1.44 bits per heavy atom. The van der Waals surface area contributed by atoms with Gasteiger partial charge >= 0.3 is 6.09 Å². The van der Waals surface area contributed by atoms with Gasteiger partial charge in [-0.2, -0.15) is 5.10 Å². The molecule has 4 N–H and O–H groups in total. The van der Waals surface area contributed by atoms with Gasteiger partial charge in [0, 0.05) is 19.1 Å².